The summed E-state index contributed by atoms with van der Waals surface area (Å²) in [5, 5.41) is 14.3. The van der Waals surface area contributed by atoms with Crippen LogP contribution in [0.2, 0.25) is 10.0 Å². The van der Waals surface area contributed by atoms with Crippen LogP contribution in [0.25, 0.3) is 0 Å². The van der Waals surface area contributed by atoms with Crippen LogP contribution >= 0.6 is 23.2 Å². The van der Waals surface area contributed by atoms with E-state index in [0.717, 1.165) is 16.9 Å². The molecule has 2 N–H and O–H groups in total. The Labute approximate surface area is 205 Å². The van der Waals surface area contributed by atoms with Crippen molar-refractivity contribution in [1.29, 1.82) is 0 Å². The molecule has 6 nitrogen and oxygen atoms in total. The number of hydrogen-bond acceptors (Lipinski definition) is 4. The molecular formula is C25H32Cl2N2O4. The van der Waals surface area contributed by atoms with Gasteiger partial charge >= 0.3 is 6.09 Å². The maximum absolute atomic E-state index is 12.0. The van der Waals surface area contributed by atoms with Crippen LogP contribution < -0.4 is 10.1 Å². The summed E-state index contributed by atoms with van der Waals surface area (Å²) in [7, 11) is 1.64. The Bertz CT molecular complexity index is 946. The smallest absolute Gasteiger partial charge is 0.407 e. The minimum atomic E-state index is -0.954. The van der Waals surface area contributed by atoms with Gasteiger partial charge in [-0.05, 0) is 40.8 Å². The predicted octanol–water partition coefficient (Wildman–Crippen LogP) is 5.67. The number of carboxylic acid groups (broad SMARTS) is 1. The van der Waals surface area contributed by atoms with Gasteiger partial charge in [0.2, 0.25) is 0 Å². The fourth-order valence-corrected chi connectivity index (χ4v) is 4.27. The van der Waals surface area contributed by atoms with E-state index >= 15 is 0 Å². The van der Waals surface area contributed by atoms with Gasteiger partial charge in [-0.3, -0.25) is 0 Å². The van der Waals surface area contributed by atoms with Crippen LogP contribution in [0.1, 0.15) is 37.8 Å². The monoisotopic (exact) mass is 494 g/mol. The Morgan fingerprint density at radius 1 is 1.15 bits per heavy atom. The van der Waals surface area contributed by atoms with Crippen molar-refractivity contribution in [2.24, 2.45) is 5.41 Å². The largest absolute Gasteiger partial charge is 0.497 e. The molecule has 33 heavy (non-hydrogen) atoms. The minimum Gasteiger partial charge on any atom is -0.497 e. The number of nitrogens with one attached hydrogen (secondary N) is 1. The minimum absolute atomic E-state index is 0.202. The number of hydrogen-bond donors (Lipinski definition) is 2. The molecule has 1 heterocycles. The summed E-state index contributed by atoms with van der Waals surface area (Å²) < 4.78 is 11.8. The maximum atomic E-state index is 12.0. The Kier molecular flexibility index (Phi) is 8.51. The van der Waals surface area contributed by atoms with Crippen LogP contribution in [0, 0.1) is 5.41 Å². The highest BCUT2D eigenvalue weighted by Gasteiger charge is 2.39. The molecule has 3 rings (SSSR count). The summed E-state index contributed by atoms with van der Waals surface area (Å²) in [6.45, 7) is 8.04. The molecule has 3 unspecified atom stereocenters. The summed E-state index contributed by atoms with van der Waals surface area (Å²) in [5.41, 5.74) is 1.80. The number of amides is 1. The second kappa shape index (κ2) is 11.0. The van der Waals surface area contributed by atoms with Crippen LogP contribution in [0.15, 0.2) is 42.5 Å². The van der Waals surface area contributed by atoms with Crippen molar-refractivity contribution in [2.75, 3.05) is 26.7 Å². The molecule has 2 aromatic rings. The number of halogens is 2. The highest BCUT2D eigenvalue weighted by molar-refractivity contribution is 6.42. The van der Waals surface area contributed by atoms with E-state index in [2.05, 4.69) is 26.1 Å². The third kappa shape index (κ3) is 6.76. The van der Waals surface area contributed by atoms with Gasteiger partial charge in [0.1, 0.15) is 5.75 Å². The van der Waals surface area contributed by atoms with Crippen LogP contribution in [0.4, 0.5) is 4.79 Å². The predicted molar refractivity (Wildman–Crippen MR) is 132 cm³/mol. The van der Waals surface area contributed by atoms with Gasteiger partial charge in [-0.15, -0.1) is 0 Å². The Morgan fingerprint density at radius 2 is 1.85 bits per heavy atom. The van der Waals surface area contributed by atoms with Crippen molar-refractivity contribution in [3.8, 4) is 5.75 Å². The van der Waals surface area contributed by atoms with Gasteiger partial charge in [-0.1, -0.05) is 62.2 Å². The normalized spacial score (nSPS) is 21.5. The average molecular weight is 495 g/mol. The second-order valence-corrected chi connectivity index (χ2v) is 10.3. The van der Waals surface area contributed by atoms with E-state index in [1.807, 2.05) is 36.4 Å². The van der Waals surface area contributed by atoms with E-state index in [-0.39, 0.29) is 23.5 Å². The number of methoxy groups -OCH3 is 1. The lowest BCUT2D eigenvalue weighted by molar-refractivity contribution is -0.0648. The third-order valence-electron chi connectivity index (χ3n) is 6.03. The van der Waals surface area contributed by atoms with Gasteiger partial charge in [-0.25, -0.2) is 4.79 Å². The molecule has 3 atom stereocenters. The molecule has 0 aromatic heterocycles. The fourth-order valence-electron chi connectivity index (χ4n) is 3.97. The number of ether oxygens (including phenoxy) is 2. The topological polar surface area (TPSA) is 71.0 Å². The third-order valence-corrected chi connectivity index (χ3v) is 6.77. The van der Waals surface area contributed by atoms with Gasteiger partial charge in [0.05, 0.1) is 35.9 Å². The number of rotatable bonds is 6. The lowest BCUT2D eigenvalue weighted by atomic mass is 9.88. The number of nitrogens with zero attached hydrogens (tertiary/aromatic N) is 1. The van der Waals surface area contributed by atoms with Crippen LogP contribution in [0.3, 0.4) is 0 Å². The molecule has 1 amide bonds. The SMILES string of the molecule is COc1ccc(CNCC2OC(C(C)(C)C)CN(C(=O)O)CC2c2ccc(Cl)c(Cl)c2)cc1. The summed E-state index contributed by atoms with van der Waals surface area (Å²) in [4.78, 5) is 13.5. The molecule has 0 radical (unpaired) electrons. The molecule has 1 saturated heterocycles. The molecule has 0 bridgehead atoms. The Hall–Kier alpha value is -1.99. The number of carbonyl (C=O) groups is 1. The van der Waals surface area contributed by atoms with Crippen molar-refractivity contribution in [2.45, 2.75) is 45.4 Å². The lowest BCUT2D eigenvalue weighted by Gasteiger charge is -2.34. The molecule has 8 heteroatoms. The zero-order chi connectivity index (χ0) is 24.2. The van der Waals surface area contributed by atoms with E-state index in [1.54, 1.807) is 13.2 Å². The maximum Gasteiger partial charge on any atom is 0.407 e. The molecule has 0 aliphatic carbocycles. The summed E-state index contributed by atoms with van der Waals surface area (Å²) in [6, 6.07) is 13.3. The van der Waals surface area contributed by atoms with Crippen molar-refractivity contribution in [3.05, 3.63) is 63.6 Å². The van der Waals surface area contributed by atoms with Crippen molar-refractivity contribution < 1.29 is 19.4 Å². The Morgan fingerprint density at radius 3 is 2.42 bits per heavy atom. The van der Waals surface area contributed by atoms with E-state index < -0.39 is 6.09 Å². The highest BCUT2D eigenvalue weighted by Crippen LogP contribution is 2.35. The van der Waals surface area contributed by atoms with Gasteiger partial charge in [0.15, 0.2) is 0 Å². The number of benzene rings is 2. The van der Waals surface area contributed by atoms with E-state index in [4.69, 9.17) is 32.7 Å². The molecule has 180 valence electrons. The summed E-state index contributed by atoms with van der Waals surface area (Å²) in [6.07, 6.45) is -1.46. The van der Waals surface area contributed by atoms with Crippen LogP contribution in [0.5, 0.6) is 5.75 Å². The molecule has 0 saturated carbocycles. The van der Waals surface area contributed by atoms with Crippen molar-refractivity contribution >= 4 is 29.3 Å². The standard InChI is InChI=1S/C25H32Cl2N2O4/c1-25(2,3)23-15-29(24(30)31)14-19(17-7-10-20(26)21(27)11-17)22(33-23)13-28-12-16-5-8-18(32-4)9-6-16/h5-11,19,22-23,28H,12-15H2,1-4H3,(H,30,31). The van der Waals surface area contributed by atoms with Crippen molar-refractivity contribution in [1.82, 2.24) is 10.2 Å². The van der Waals surface area contributed by atoms with Crippen LogP contribution in [-0.4, -0.2) is 55.1 Å². The first-order valence-electron chi connectivity index (χ1n) is 11.0. The van der Waals surface area contributed by atoms with Gasteiger partial charge in [0.25, 0.3) is 0 Å². The van der Waals surface area contributed by atoms with E-state index in [9.17, 15) is 9.90 Å². The van der Waals surface area contributed by atoms with E-state index in [0.29, 0.717) is 36.2 Å². The molecule has 1 aliphatic rings. The van der Waals surface area contributed by atoms with Gasteiger partial charge in [0, 0.05) is 25.6 Å². The fraction of sp³-hybridized carbons (Fsp3) is 0.480. The first-order valence-corrected chi connectivity index (χ1v) is 11.8. The van der Waals surface area contributed by atoms with E-state index in [1.165, 1.54) is 4.90 Å². The average Bonchev–Trinajstić information content (AvgIpc) is 2.96. The molecule has 1 aliphatic heterocycles. The van der Waals surface area contributed by atoms with Crippen molar-refractivity contribution in [3.63, 3.8) is 0 Å². The van der Waals surface area contributed by atoms with Crippen LogP contribution in [-0.2, 0) is 11.3 Å². The quantitative estimate of drug-likeness (QED) is 0.541. The molecule has 1 fully saturated rings. The first kappa shape index (κ1) is 25.6. The zero-order valence-corrected chi connectivity index (χ0v) is 21.0. The lowest BCUT2D eigenvalue weighted by Crippen LogP contribution is -2.42. The van der Waals surface area contributed by atoms with Gasteiger partial charge in [-0.2, -0.15) is 0 Å². The second-order valence-electron chi connectivity index (χ2n) is 9.48. The Balaban J connectivity index is 1.85. The summed E-state index contributed by atoms with van der Waals surface area (Å²) >= 11 is 12.4. The molecule has 0 spiro atoms. The molecular weight excluding hydrogens is 463 g/mol. The highest BCUT2D eigenvalue weighted by atomic mass is 35.5. The summed E-state index contributed by atoms with van der Waals surface area (Å²) in [5.74, 6) is 0.610. The molecule has 2 aromatic carbocycles. The zero-order valence-electron chi connectivity index (χ0n) is 19.5. The van der Waals surface area contributed by atoms with Gasteiger partial charge < -0.3 is 24.8 Å². The first-order chi connectivity index (χ1) is 15.6.